The van der Waals surface area contributed by atoms with E-state index in [0.29, 0.717) is 6.79 Å². The molecule has 4 rings (SSSR count). The van der Waals surface area contributed by atoms with E-state index in [-0.39, 0.29) is 6.04 Å². The van der Waals surface area contributed by atoms with Crippen LogP contribution in [0.3, 0.4) is 0 Å². The number of aromatic nitrogens is 1. The van der Waals surface area contributed by atoms with Gasteiger partial charge in [-0.3, -0.25) is 4.98 Å². The highest BCUT2D eigenvalue weighted by Crippen LogP contribution is 2.39. The summed E-state index contributed by atoms with van der Waals surface area (Å²) in [7, 11) is 0. The number of fused-ring (bicyclic) bond motifs is 2. The molecular weight excluding hydrogens is 252 g/mol. The van der Waals surface area contributed by atoms with E-state index in [0.717, 1.165) is 30.2 Å². The van der Waals surface area contributed by atoms with Crippen LogP contribution in [-0.4, -0.2) is 18.3 Å². The molecule has 0 amide bonds. The van der Waals surface area contributed by atoms with Crippen LogP contribution in [0.5, 0.6) is 11.5 Å². The highest BCUT2D eigenvalue weighted by atomic mass is 16.7. The van der Waals surface area contributed by atoms with Crippen molar-refractivity contribution in [3.8, 4) is 11.5 Å². The molecule has 3 heterocycles. The van der Waals surface area contributed by atoms with E-state index in [1.54, 1.807) is 0 Å². The first-order valence-corrected chi connectivity index (χ1v) is 6.90. The zero-order valence-corrected chi connectivity index (χ0v) is 11.3. The molecule has 1 unspecified atom stereocenters. The molecule has 0 saturated heterocycles. The van der Waals surface area contributed by atoms with Crippen molar-refractivity contribution in [3.63, 3.8) is 0 Å². The monoisotopic (exact) mass is 268 g/mol. The molecule has 1 N–H and O–H groups in total. The Labute approximate surface area is 117 Å². The van der Waals surface area contributed by atoms with Crippen LogP contribution in [0.1, 0.15) is 28.4 Å². The fourth-order valence-corrected chi connectivity index (χ4v) is 2.99. The average Bonchev–Trinajstić information content (AvgIpc) is 2.92. The molecule has 0 aliphatic carbocycles. The largest absolute Gasteiger partial charge is 0.454 e. The zero-order chi connectivity index (χ0) is 13.5. The van der Waals surface area contributed by atoms with E-state index in [2.05, 4.69) is 35.4 Å². The summed E-state index contributed by atoms with van der Waals surface area (Å²) in [6.07, 6.45) is 2.86. The van der Waals surface area contributed by atoms with Gasteiger partial charge in [0.05, 0.1) is 11.7 Å². The third-order valence-corrected chi connectivity index (χ3v) is 4.01. The second kappa shape index (κ2) is 4.49. The number of rotatable bonds is 1. The number of hydrogen-bond acceptors (Lipinski definition) is 4. The average molecular weight is 268 g/mol. The predicted molar refractivity (Wildman–Crippen MR) is 75.1 cm³/mol. The van der Waals surface area contributed by atoms with Crippen LogP contribution >= 0.6 is 0 Å². The molecule has 20 heavy (non-hydrogen) atoms. The topological polar surface area (TPSA) is 43.4 Å². The lowest BCUT2D eigenvalue weighted by molar-refractivity contribution is 0.174. The molecule has 0 spiro atoms. The van der Waals surface area contributed by atoms with Gasteiger partial charge in [0, 0.05) is 12.7 Å². The molecule has 2 aliphatic rings. The zero-order valence-electron chi connectivity index (χ0n) is 11.3. The lowest BCUT2D eigenvalue weighted by Gasteiger charge is -2.27. The smallest absolute Gasteiger partial charge is 0.231 e. The fraction of sp³-hybridized carbons (Fsp3) is 0.312. The Morgan fingerprint density at radius 2 is 2.10 bits per heavy atom. The van der Waals surface area contributed by atoms with Crippen molar-refractivity contribution in [2.75, 3.05) is 13.3 Å². The fourth-order valence-electron chi connectivity index (χ4n) is 2.99. The summed E-state index contributed by atoms with van der Waals surface area (Å²) in [6, 6.07) is 8.43. The Hall–Kier alpha value is -2.07. The maximum absolute atomic E-state index is 5.51. The number of ether oxygens (including phenoxy) is 2. The van der Waals surface area contributed by atoms with Gasteiger partial charge in [0.25, 0.3) is 0 Å². The molecular formula is C16H16N2O2. The van der Waals surface area contributed by atoms with Crippen molar-refractivity contribution in [3.05, 3.63) is 52.8 Å². The standard InChI is InChI=1S/C16H16N2O2/c1-10-3-2-5-17-15(10)16-12-8-14-13(19-9-20-14)7-11(12)4-6-18-16/h2-3,5,7-8,16,18H,4,6,9H2,1H3. The Morgan fingerprint density at radius 1 is 1.25 bits per heavy atom. The normalized spacial score (nSPS) is 19.8. The molecule has 1 atom stereocenters. The number of nitrogens with zero attached hydrogens (tertiary/aromatic N) is 1. The number of benzene rings is 1. The molecule has 0 radical (unpaired) electrons. The first-order chi connectivity index (χ1) is 9.83. The predicted octanol–water partition coefficient (Wildman–Crippen LogP) is 2.35. The Balaban J connectivity index is 1.84. The molecule has 0 fully saturated rings. The molecule has 0 saturated carbocycles. The molecule has 1 aromatic heterocycles. The van der Waals surface area contributed by atoms with E-state index >= 15 is 0 Å². The van der Waals surface area contributed by atoms with Gasteiger partial charge in [-0.25, -0.2) is 0 Å². The van der Waals surface area contributed by atoms with Gasteiger partial charge in [-0.05, 0) is 48.2 Å². The summed E-state index contributed by atoms with van der Waals surface area (Å²) in [5, 5.41) is 3.56. The van der Waals surface area contributed by atoms with Gasteiger partial charge in [0.2, 0.25) is 6.79 Å². The van der Waals surface area contributed by atoms with E-state index in [9.17, 15) is 0 Å². The second-order valence-electron chi connectivity index (χ2n) is 5.25. The van der Waals surface area contributed by atoms with Crippen LogP contribution in [0.4, 0.5) is 0 Å². The van der Waals surface area contributed by atoms with Gasteiger partial charge >= 0.3 is 0 Å². The van der Waals surface area contributed by atoms with Gasteiger partial charge < -0.3 is 14.8 Å². The lowest BCUT2D eigenvalue weighted by Crippen LogP contribution is -2.31. The highest BCUT2D eigenvalue weighted by Gasteiger charge is 2.27. The van der Waals surface area contributed by atoms with Crippen LogP contribution in [0.25, 0.3) is 0 Å². The molecule has 1 aromatic carbocycles. The maximum Gasteiger partial charge on any atom is 0.231 e. The van der Waals surface area contributed by atoms with E-state index in [1.807, 2.05) is 12.3 Å². The first-order valence-electron chi connectivity index (χ1n) is 6.90. The van der Waals surface area contributed by atoms with Crippen LogP contribution in [-0.2, 0) is 6.42 Å². The van der Waals surface area contributed by atoms with Crippen molar-refractivity contribution in [1.82, 2.24) is 10.3 Å². The number of pyridine rings is 1. The minimum atomic E-state index is 0.134. The van der Waals surface area contributed by atoms with Gasteiger partial charge in [-0.1, -0.05) is 6.07 Å². The van der Waals surface area contributed by atoms with Crippen molar-refractivity contribution >= 4 is 0 Å². The third-order valence-electron chi connectivity index (χ3n) is 4.01. The summed E-state index contributed by atoms with van der Waals surface area (Å²) in [4.78, 5) is 4.56. The molecule has 0 bridgehead atoms. The first kappa shape index (κ1) is 11.7. The van der Waals surface area contributed by atoms with Crippen molar-refractivity contribution in [2.24, 2.45) is 0 Å². The van der Waals surface area contributed by atoms with E-state index in [1.165, 1.54) is 16.7 Å². The number of hydrogen-bond donors (Lipinski definition) is 1. The summed E-state index contributed by atoms with van der Waals surface area (Å²) >= 11 is 0. The summed E-state index contributed by atoms with van der Waals surface area (Å²) in [5.41, 5.74) is 4.87. The van der Waals surface area contributed by atoms with Crippen molar-refractivity contribution < 1.29 is 9.47 Å². The van der Waals surface area contributed by atoms with Gasteiger partial charge in [0.1, 0.15) is 0 Å². The minimum absolute atomic E-state index is 0.134. The van der Waals surface area contributed by atoms with E-state index in [4.69, 9.17) is 9.47 Å². The Morgan fingerprint density at radius 3 is 2.95 bits per heavy atom. The van der Waals surface area contributed by atoms with Gasteiger partial charge in [0.15, 0.2) is 11.5 Å². The van der Waals surface area contributed by atoms with Crippen LogP contribution in [0.15, 0.2) is 30.5 Å². The third kappa shape index (κ3) is 1.76. The Bertz CT molecular complexity index is 670. The number of aryl methyl sites for hydroxylation is 1. The molecule has 4 heteroatoms. The summed E-state index contributed by atoms with van der Waals surface area (Å²) in [5.74, 6) is 1.70. The Kier molecular flexibility index (Phi) is 2.63. The van der Waals surface area contributed by atoms with Crippen LogP contribution < -0.4 is 14.8 Å². The molecule has 102 valence electrons. The van der Waals surface area contributed by atoms with Gasteiger partial charge in [-0.2, -0.15) is 0 Å². The summed E-state index contributed by atoms with van der Waals surface area (Å²) in [6.45, 7) is 3.37. The summed E-state index contributed by atoms with van der Waals surface area (Å²) < 4.78 is 11.0. The van der Waals surface area contributed by atoms with Gasteiger partial charge in [-0.15, -0.1) is 0 Å². The molecule has 2 aromatic rings. The number of nitrogens with one attached hydrogen (secondary N) is 1. The van der Waals surface area contributed by atoms with Crippen molar-refractivity contribution in [2.45, 2.75) is 19.4 Å². The minimum Gasteiger partial charge on any atom is -0.454 e. The van der Waals surface area contributed by atoms with Crippen molar-refractivity contribution in [1.29, 1.82) is 0 Å². The second-order valence-corrected chi connectivity index (χ2v) is 5.25. The van der Waals surface area contributed by atoms with E-state index < -0.39 is 0 Å². The highest BCUT2D eigenvalue weighted by molar-refractivity contribution is 5.52. The molecule has 2 aliphatic heterocycles. The van der Waals surface area contributed by atoms with Crippen LogP contribution in [0, 0.1) is 6.92 Å². The molecule has 4 nitrogen and oxygen atoms in total. The lowest BCUT2D eigenvalue weighted by atomic mass is 9.90. The SMILES string of the molecule is Cc1cccnc1C1NCCc2cc3c(cc21)OCO3. The van der Waals surface area contributed by atoms with Crippen LogP contribution in [0.2, 0.25) is 0 Å². The quantitative estimate of drug-likeness (QED) is 0.862. The maximum atomic E-state index is 5.51.